The summed E-state index contributed by atoms with van der Waals surface area (Å²) < 4.78 is 0. The van der Waals surface area contributed by atoms with Crippen LogP contribution >= 0.6 is 0 Å². The molecule has 4 nitrogen and oxygen atoms in total. The first-order valence-electron chi connectivity index (χ1n) is 6.23. The van der Waals surface area contributed by atoms with Gasteiger partial charge in [0.05, 0.1) is 0 Å². The lowest BCUT2D eigenvalue weighted by Gasteiger charge is -2.30. The Labute approximate surface area is 102 Å². The van der Waals surface area contributed by atoms with Crippen molar-refractivity contribution < 1.29 is 0 Å². The number of rotatable bonds is 2. The summed E-state index contributed by atoms with van der Waals surface area (Å²) in [7, 11) is 0. The van der Waals surface area contributed by atoms with Crippen molar-refractivity contribution in [3.63, 3.8) is 0 Å². The third-order valence-electron chi connectivity index (χ3n) is 3.63. The summed E-state index contributed by atoms with van der Waals surface area (Å²) in [4.78, 5) is 17.4. The maximum absolute atomic E-state index is 11.8. The predicted octanol–water partition coefficient (Wildman–Crippen LogP) is 0.915. The predicted molar refractivity (Wildman–Crippen MR) is 69.0 cm³/mol. The van der Waals surface area contributed by atoms with E-state index in [-0.39, 0.29) is 5.43 Å². The number of H-pyrrole nitrogens is 1. The Bertz CT molecular complexity index is 444. The maximum atomic E-state index is 11.8. The number of aryl methyl sites for hydroxylation is 1. The Morgan fingerprint density at radius 1 is 1.41 bits per heavy atom. The summed E-state index contributed by atoms with van der Waals surface area (Å²) in [5, 5.41) is 0. The molecule has 0 aromatic carbocycles. The Balaban J connectivity index is 2.09. The van der Waals surface area contributed by atoms with Crippen LogP contribution in [0.4, 0.5) is 0 Å². The normalized spacial score (nSPS) is 18.5. The minimum atomic E-state index is 0.160. The minimum Gasteiger partial charge on any atom is -0.363 e. The number of aromatic nitrogens is 1. The van der Waals surface area contributed by atoms with E-state index in [0.717, 1.165) is 49.3 Å². The zero-order valence-corrected chi connectivity index (χ0v) is 10.6. The van der Waals surface area contributed by atoms with Crippen molar-refractivity contribution in [2.45, 2.75) is 39.3 Å². The van der Waals surface area contributed by atoms with Crippen molar-refractivity contribution in [1.82, 2.24) is 9.88 Å². The van der Waals surface area contributed by atoms with Gasteiger partial charge >= 0.3 is 0 Å². The van der Waals surface area contributed by atoms with Crippen molar-refractivity contribution >= 4 is 0 Å². The highest BCUT2D eigenvalue weighted by Crippen LogP contribution is 2.12. The van der Waals surface area contributed by atoms with Crippen molar-refractivity contribution in [1.29, 1.82) is 0 Å². The Morgan fingerprint density at radius 2 is 2.06 bits per heavy atom. The molecule has 0 spiro atoms. The fourth-order valence-corrected chi connectivity index (χ4v) is 2.30. The second-order valence-electron chi connectivity index (χ2n) is 5.02. The average molecular weight is 235 g/mol. The molecule has 0 unspecified atom stereocenters. The Morgan fingerprint density at radius 3 is 2.71 bits per heavy atom. The van der Waals surface area contributed by atoms with Crippen molar-refractivity contribution in [3.05, 3.63) is 33.2 Å². The topological polar surface area (TPSA) is 62.1 Å². The number of nitrogens with one attached hydrogen (secondary N) is 1. The molecule has 0 aliphatic carbocycles. The van der Waals surface area contributed by atoms with E-state index < -0.39 is 0 Å². The van der Waals surface area contributed by atoms with Gasteiger partial charge in [-0.3, -0.25) is 9.69 Å². The third kappa shape index (κ3) is 2.76. The van der Waals surface area contributed by atoms with Crippen LogP contribution in [-0.4, -0.2) is 29.0 Å². The summed E-state index contributed by atoms with van der Waals surface area (Å²) in [6.45, 7) is 6.62. The first-order valence-corrected chi connectivity index (χ1v) is 6.23. The highest BCUT2D eigenvalue weighted by Gasteiger charge is 2.17. The van der Waals surface area contributed by atoms with E-state index in [9.17, 15) is 4.79 Å². The second kappa shape index (κ2) is 5.02. The van der Waals surface area contributed by atoms with E-state index in [4.69, 9.17) is 5.73 Å². The van der Waals surface area contributed by atoms with Gasteiger partial charge in [0.15, 0.2) is 5.43 Å². The number of nitrogens with zero attached hydrogens (tertiary/aromatic N) is 1. The van der Waals surface area contributed by atoms with Crippen molar-refractivity contribution in [2.24, 2.45) is 5.73 Å². The van der Waals surface area contributed by atoms with Gasteiger partial charge in [-0.05, 0) is 26.7 Å². The molecule has 1 aromatic rings. The van der Waals surface area contributed by atoms with Crippen LogP contribution in [0.1, 0.15) is 29.7 Å². The van der Waals surface area contributed by atoms with E-state index in [1.165, 1.54) is 0 Å². The zero-order valence-electron chi connectivity index (χ0n) is 10.6. The van der Waals surface area contributed by atoms with Gasteiger partial charge in [-0.1, -0.05) is 0 Å². The van der Waals surface area contributed by atoms with Gasteiger partial charge in [0, 0.05) is 48.7 Å². The fourth-order valence-electron chi connectivity index (χ4n) is 2.30. The molecule has 1 aliphatic heterocycles. The van der Waals surface area contributed by atoms with E-state index in [0.29, 0.717) is 6.04 Å². The molecule has 1 aliphatic rings. The quantitative estimate of drug-likeness (QED) is 0.801. The number of aromatic amines is 1. The SMILES string of the molecule is Cc1c[nH]c(CN2CCC(N)CC2)c(C)c1=O. The van der Waals surface area contributed by atoms with Crippen LogP contribution in [0.15, 0.2) is 11.0 Å². The largest absolute Gasteiger partial charge is 0.363 e. The van der Waals surface area contributed by atoms with Crippen molar-refractivity contribution in [2.75, 3.05) is 13.1 Å². The molecule has 1 saturated heterocycles. The molecular weight excluding hydrogens is 214 g/mol. The van der Waals surface area contributed by atoms with Crippen LogP contribution in [0.3, 0.4) is 0 Å². The summed E-state index contributed by atoms with van der Waals surface area (Å²) in [5.74, 6) is 0. The number of hydrogen-bond acceptors (Lipinski definition) is 3. The highest BCUT2D eigenvalue weighted by molar-refractivity contribution is 5.23. The summed E-state index contributed by atoms with van der Waals surface area (Å²) in [6, 6.07) is 0.351. The lowest BCUT2D eigenvalue weighted by atomic mass is 10.1. The van der Waals surface area contributed by atoms with Crippen LogP contribution in [0.2, 0.25) is 0 Å². The molecular formula is C13H21N3O. The first-order chi connectivity index (χ1) is 8.08. The van der Waals surface area contributed by atoms with E-state index >= 15 is 0 Å². The van der Waals surface area contributed by atoms with Crippen LogP contribution < -0.4 is 11.2 Å². The number of piperidine rings is 1. The molecule has 17 heavy (non-hydrogen) atoms. The Kier molecular flexibility index (Phi) is 3.64. The van der Waals surface area contributed by atoms with Crippen LogP contribution in [-0.2, 0) is 6.54 Å². The van der Waals surface area contributed by atoms with Gasteiger partial charge in [0.1, 0.15) is 0 Å². The molecule has 2 heterocycles. The molecule has 1 fully saturated rings. The number of pyridine rings is 1. The van der Waals surface area contributed by atoms with Gasteiger partial charge in [-0.2, -0.15) is 0 Å². The monoisotopic (exact) mass is 235 g/mol. The first kappa shape index (κ1) is 12.3. The standard InChI is InChI=1S/C13H21N3O/c1-9-7-15-12(10(2)13(9)17)8-16-5-3-11(14)4-6-16/h7,11H,3-6,8,14H2,1-2H3,(H,15,17). The van der Waals surface area contributed by atoms with Crippen molar-refractivity contribution in [3.8, 4) is 0 Å². The number of likely N-dealkylation sites (tertiary alicyclic amines) is 1. The smallest absolute Gasteiger partial charge is 0.187 e. The van der Waals surface area contributed by atoms with Gasteiger partial charge in [0.2, 0.25) is 0 Å². The van der Waals surface area contributed by atoms with Crippen LogP contribution in [0.5, 0.6) is 0 Å². The van der Waals surface area contributed by atoms with Gasteiger partial charge < -0.3 is 10.7 Å². The lowest BCUT2D eigenvalue weighted by Crippen LogP contribution is -2.39. The molecule has 2 rings (SSSR count). The molecule has 0 radical (unpaired) electrons. The lowest BCUT2D eigenvalue weighted by molar-refractivity contribution is 0.203. The molecule has 94 valence electrons. The molecule has 3 N–H and O–H groups in total. The van der Waals surface area contributed by atoms with Crippen LogP contribution in [0.25, 0.3) is 0 Å². The second-order valence-corrected chi connectivity index (χ2v) is 5.02. The summed E-state index contributed by atoms with van der Waals surface area (Å²) >= 11 is 0. The maximum Gasteiger partial charge on any atom is 0.187 e. The third-order valence-corrected chi connectivity index (χ3v) is 3.63. The summed E-state index contributed by atoms with van der Waals surface area (Å²) in [6.07, 6.45) is 3.91. The summed E-state index contributed by atoms with van der Waals surface area (Å²) in [5.41, 5.74) is 8.71. The Hall–Kier alpha value is -1.13. The van der Waals surface area contributed by atoms with Gasteiger partial charge in [-0.15, -0.1) is 0 Å². The number of nitrogens with two attached hydrogens (primary N) is 1. The van der Waals surface area contributed by atoms with Gasteiger partial charge in [0.25, 0.3) is 0 Å². The minimum absolute atomic E-state index is 0.160. The van der Waals surface area contributed by atoms with Crippen LogP contribution in [0, 0.1) is 13.8 Å². The van der Waals surface area contributed by atoms with E-state index in [1.807, 2.05) is 13.8 Å². The fraction of sp³-hybridized carbons (Fsp3) is 0.615. The van der Waals surface area contributed by atoms with E-state index in [2.05, 4.69) is 9.88 Å². The molecule has 0 bridgehead atoms. The zero-order chi connectivity index (χ0) is 12.4. The highest BCUT2D eigenvalue weighted by atomic mass is 16.1. The molecule has 4 heteroatoms. The molecule has 1 aromatic heterocycles. The molecule has 0 amide bonds. The van der Waals surface area contributed by atoms with Gasteiger partial charge in [-0.25, -0.2) is 0 Å². The molecule has 0 saturated carbocycles. The number of hydrogen-bond donors (Lipinski definition) is 2. The molecule has 0 atom stereocenters. The average Bonchev–Trinajstić information content (AvgIpc) is 2.33. The van der Waals surface area contributed by atoms with E-state index in [1.54, 1.807) is 6.20 Å².